The molecule has 1 aliphatic rings. The van der Waals surface area contributed by atoms with E-state index in [1.165, 1.54) is 88.2 Å². The number of benzene rings is 8. The van der Waals surface area contributed by atoms with Gasteiger partial charge in [0.25, 0.3) is 0 Å². The zero-order valence-corrected chi connectivity index (χ0v) is 27.9. The van der Waals surface area contributed by atoms with Crippen LogP contribution in [0.25, 0.3) is 77.2 Å². The number of hydrogen-bond acceptors (Lipinski definition) is 0. The fourth-order valence-corrected chi connectivity index (χ4v) is 8.88. The molecule has 0 aliphatic heterocycles. The molecule has 2 heteroatoms. The molecule has 10 aromatic rings. The van der Waals surface area contributed by atoms with E-state index in [1.807, 2.05) is 0 Å². The van der Waals surface area contributed by atoms with E-state index in [2.05, 4.69) is 197 Å². The first kappa shape index (κ1) is 28.2. The lowest BCUT2D eigenvalue weighted by Gasteiger charge is -2.16. The first-order valence-corrected chi connectivity index (χ1v) is 17.7. The average Bonchev–Trinajstić information content (AvgIpc) is 3.84. The van der Waals surface area contributed by atoms with Crippen LogP contribution in [0.4, 0.5) is 0 Å². The van der Waals surface area contributed by atoms with Crippen LogP contribution in [0.5, 0.6) is 0 Å². The van der Waals surface area contributed by atoms with Gasteiger partial charge in [0.05, 0.1) is 27.8 Å². The molecule has 2 aromatic heterocycles. The van der Waals surface area contributed by atoms with Gasteiger partial charge in [-0.3, -0.25) is 0 Å². The van der Waals surface area contributed by atoms with Crippen LogP contribution in [0.2, 0.25) is 0 Å². The van der Waals surface area contributed by atoms with E-state index in [9.17, 15) is 0 Å². The molecule has 11 rings (SSSR count). The summed E-state index contributed by atoms with van der Waals surface area (Å²) in [5, 5.41) is 5.04. The third kappa shape index (κ3) is 4.11. The number of aromatic nitrogens is 2. The minimum atomic E-state index is 0.220. The van der Waals surface area contributed by atoms with Crippen molar-refractivity contribution in [3.8, 4) is 33.6 Å². The van der Waals surface area contributed by atoms with Gasteiger partial charge in [-0.15, -0.1) is 0 Å². The Morgan fingerprint density at radius 1 is 0.353 bits per heavy atom. The molecule has 2 heterocycles. The molecule has 0 unspecified atom stereocenters. The van der Waals surface area contributed by atoms with Crippen molar-refractivity contribution in [3.05, 3.63) is 205 Å². The Hall–Kier alpha value is -6.64. The number of nitrogens with zero attached hydrogens (tertiary/aromatic N) is 2. The minimum Gasteiger partial charge on any atom is -0.309 e. The molecule has 8 aromatic carbocycles. The average molecular weight is 649 g/mol. The highest BCUT2D eigenvalue weighted by Gasteiger charge is 2.29. The Labute approximate surface area is 296 Å². The molecule has 0 saturated carbocycles. The van der Waals surface area contributed by atoms with Crippen molar-refractivity contribution >= 4 is 43.6 Å². The Bertz CT molecular complexity index is 2890. The summed E-state index contributed by atoms with van der Waals surface area (Å²) in [4.78, 5) is 0. The van der Waals surface area contributed by atoms with Gasteiger partial charge < -0.3 is 9.13 Å². The molecule has 0 amide bonds. The first-order chi connectivity index (χ1) is 25.3. The first-order valence-electron chi connectivity index (χ1n) is 17.7. The van der Waals surface area contributed by atoms with Gasteiger partial charge in [0.15, 0.2) is 0 Å². The van der Waals surface area contributed by atoms with Gasteiger partial charge in [0.1, 0.15) is 0 Å². The van der Waals surface area contributed by atoms with Crippen molar-refractivity contribution < 1.29 is 0 Å². The van der Waals surface area contributed by atoms with E-state index in [4.69, 9.17) is 0 Å². The van der Waals surface area contributed by atoms with Crippen molar-refractivity contribution in [1.82, 2.24) is 9.13 Å². The number of para-hydroxylation sites is 3. The zero-order chi connectivity index (χ0) is 33.5. The van der Waals surface area contributed by atoms with Crippen LogP contribution in [0.1, 0.15) is 22.6 Å². The van der Waals surface area contributed by atoms with E-state index >= 15 is 0 Å². The molecular weight excluding hydrogens is 617 g/mol. The largest absolute Gasteiger partial charge is 0.309 e. The van der Waals surface area contributed by atoms with Gasteiger partial charge in [0, 0.05) is 33.2 Å². The van der Waals surface area contributed by atoms with E-state index < -0.39 is 0 Å². The molecule has 238 valence electrons. The highest BCUT2D eigenvalue weighted by atomic mass is 15.0. The van der Waals surface area contributed by atoms with Crippen molar-refractivity contribution in [1.29, 1.82) is 0 Å². The maximum absolute atomic E-state index is 2.45. The van der Waals surface area contributed by atoms with Crippen LogP contribution in [-0.4, -0.2) is 9.13 Å². The second-order valence-corrected chi connectivity index (χ2v) is 13.7. The van der Waals surface area contributed by atoms with E-state index in [1.54, 1.807) is 0 Å². The van der Waals surface area contributed by atoms with Crippen molar-refractivity contribution in [2.24, 2.45) is 0 Å². The van der Waals surface area contributed by atoms with Crippen LogP contribution < -0.4 is 0 Å². The van der Waals surface area contributed by atoms with Crippen molar-refractivity contribution in [2.45, 2.75) is 5.92 Å². The molecule has 1 aliphatic carbocycles. The second kappa shape index (κ2) is 10.9. The van der Waals surface area contributed by atoms with Crippen LogP contribution >= 0.6 is 0 Å². The second-order valence-electron chi connectivity index (χ2n) is 13.7. The Morgan fingerprint density at radius 2 is 0.863 bits per heavy atom. The lowest BCUT2D eigenvalue weighted by atomic mass is 9.88. The van der Waals surface area contributed by atoms with Crippen LogP contribution in [-0.2, 0) is 0 Å². The summed E-state index contributed by atoms with van der Waals surface area (Å²) in [6, 6.07) is 69.1. The SMILES string of the molecule is c1cc(-c2cccc(-n3c4ccccc4c4c(-n5c6ccccc6c6ccccc65)cccc43)c2)cc(C2c3ccccc3-c3ccccc32)c1. The molecule has 51 heavy (non-hydrogen) atoms. The number of rotatable bonds is 4. The van der Waals surface area contributed by atoms with E-state index in [-0.39, 0.29) is 5.92 Å². The van der Waals surface area contributed by atoms with Crippen molar-refractivity contribution in [3.63, 3.8) is 0 Å². The Kier molecular flexibility index (Phi) is 6.05. The van der Waals surface area contributed by atoms with Gasteiger partial charge in [-0.1, -0.05) is 146 Å². The zero-order valence-electron chi connectivity index (χ0n) is 27.9. The molecule has 0 N–H and O–H groups in total. The molecular formula is C49H32N2. The predicted molar refractivity (Wildman–Crippen MR) is 213 cm³/mol. The predicted octanol–water partition coefficient (Wildman–Crippen LogP) is 12.7. The number of fused-ring (bicyclic) bond motifs is 9. The summed E-state index contributed by atoms with van der Waals surface area (Å²) < 4.78 is 4.89. The van der Waals surface area contributed by atoms with Gasteiger partial charge in [-0.05, 0) is 81.4 Å². The quantitative estimate of drug-likeness (QED) is 0.180. The maximum atomic E-state index is 2.45. The van der Waals surface area contributed by atoms with Crippen LogP contribution in [0.15, 0.2) is 188 Å². The minimum absolute atomic E-state index is 0.220. The lowest BCUT2D eigenvalue weighted by Crippen LogP contribution is -1.99. The summed E-state index contributed by atoms with van der Waals surface area (Å²) in [6.45, 7) is 0. The fourth-order valence-electron chi connectivity index (χ4n) is 8.88. The Balaban J connectivity index is 1.09. The molecule has 0 radical (unpaired) electrons. The standard InChI is InChI=1S/C49H32N2/c1-3-22-40-36(18-1)37-19-2-4-23-41(37)48(40)34-16-11-14-32(30-34)33-15-12-17-35(31-33)50-45-27-10-7-24-42(45)49-46(50)28-13-29-47(49)51-43-25-8-5-20-38(43)39-21-6-9-26-44(39)51/h1-31,48H. The molecule has 0 atom stereocenters. The number of hydrogen-bond donors (Lipinski definition) is 0. The highest BCUT2D eigenvalue weighted by molar-refractivity contribution is 6.16. The summed E-state index contributed by atoms with van der Waals surface area (Å²) >= 11 is 0. The molecule has 2 nitrogen and oxygen atoms in total. The van der Waals surface area contributed by atoms with Gasteiger partial charge in [-0.25, -0.2) is 0 Å². The van der Waals surface area contributed by atoms with Gasteiger partial charge in [0.2, 0.25) is 0 Å². The third-order valence-electron chi connectivity index (χ3n) is 11.0. The van der Waals surface area contributed by atoms with Gasteiger partial charge >= 0.3 is 0 Å². The van der Waals surface area contributed by atoms with Crippen LogP contribution in [0.3, 0.4) is 0 Å². The topological polar surface area (TPSA) is 9.86 Å². The summed E-state index contributed by atoms with van der Waals surface area (Å²) in [7, 11) is 0. The third-order valence-corrected chi connectivity index (χ3v) is 11.0. The smallest absolute Gasteiger partial charge is 0.0562 e. The lowest BCUT2D eigenvalue weighted by molar-refractivity contribution is 1.02. The summed E-state index contributed by atoms with van der Waals surface area (Å²) in [5.74, 6) is 0.220. The molecule has 0 bridgehead atoms. The van der Waals surface area contributed by atoms with E-state index in [0.29, 0.717) is 0 Å². The van der Waals surface area contributed by atoms with Crippen LogP contribution in [0, 0.1) is 0 Å². The molecule has 0 spiro atoms. The molecule has 0 saturated heterocycles. The summed E-state index contributed by atoms with van der Waals surface area (Å²) in [6.07, 6.45) is 0. The monoisotopic (exact) mass is 648 g/mol. The maximum Gasteiger partial charge on any atom is 0.0562 e. The Morgan fingerprint density at radius 3 is 1.55 bits per heavy atom. The highest BCUT2D eigenvalue weighted by Crippen LogP contribution is 2.48. The normalized spacial score (nSPS) is 12.6. The van der Waals surface area contributed by atoms with E-state index in [0.717, 1.165) is 5.69 Å². The molecule has 0 fully saturated rings. The van der Waals surface area contributed by atoms with Crippen molar-refractivity contribution in [2.75, 3.05) is 0 Å². The summed E-state index contributed by atoms with van der Waals surface area (Å²) in [5.41, 5.74) is 16.4. The fraction of sp³-hybridized carbons (Fsp3) is 0.0204. The van der Waals surface area contributed by atoms with Gasteiger partial charge in [-0.2, -0.15) is 0 Å².